The monoisotopic (exact) mass is 351 g/mol. The first-order valence-corrected chi connectivity index (χ1v) is 10.8. The molecule has 1 heterocycles. The van der Waals surface area contributed by atoms with E-state index < -0.39 is 0 Å². The van der Waals surface area contributed by atoms with Crippen molar-refractivity contribution < 1.29 is 9.53 Å². The number of carbonyl (C=O) groups is 1. The van der Waals surface area contributed by atoms with Crippen LogP contribution in [0, 0.1) is 0 Å². The van der Waals surface area contributed by atoms with Gasteiger partial charge in [0.2, 0.25) is 5.91 Å². The fourth-order valence-electron chi connectivity index (χ4n) is 3.48. The zero-order chi connectivity index (χ0) is 18.0. The molecule has 0 aromatic heterocycles. The van der Waals surface area contributed by atoms with Gasteiger partial charge in [0.1, 0.15) is 0 Å². The van der Waals surface area contributed by atoms with Gasteiger partial charge in [0.25, 0.3) is 0 Å². The molecule has 1 aliphatic heterocycles. The van der Waals surface area contributed by atoms with E-state index in [0.29, 0.717) is 19.1 Å². The summed E-state index contributed by atoms with van der Waals surface area (Å²) in [7, 11) is 0. The summed E-state index contributed by atoms with van der Waals surface area (Å²) in [6.45, 7) is 6.76. The highest BCUT2D eigenvalue weighted by Crippen LogP contribution is 2.14. The summed E-state index contributed by atoms with van der Waals surface area (Å²) in [6, 6.07) is 0. The van der Waals surface area contributed by atoms with Crippen LogP contribution < -0.4 is 0 Å². The molecule has 0 saturated carbocycles. The van der Waals surface area contributed by atoms with Crippen LogP contribution in [0.1, 0.15) is 96.3 Å². The van der Waals surface area contributed by atoms with Gasteiger partial charge < -0.3 is 9.64 Å². The van der Waals surface area contributed by atoms with E-state index in [1.807, 2.05) is 11.0 Å². The van der Waals surface area contributed by atoms with Gasteiger partial charge in [-0.25, -0.2) is 0 Å². The number of hydrogen-bond donors (Lipinski definition) is 0. The Morgan fingerprint density at radius 2 is 1.20 bits per heavy atom. The predicted octanol–water partition coefficient (Wildman–Crippen LogP) is 5.88. The SMILES string of the molecule is C=CCCCCCCCCCCCCCCCC(=O)N1CCOCC1. The Morgan fingerprint density at radius 1 is 0.760 bits per heavy atom. The second-order valence-electron chi connectivity index (χ2n) is 7.42. The van der Waals surface area contributed by atoms with Crippen molar-refractivity contribution in [2.75, 3.05) is 26.3 Å². The molecule has 1 aliphatic rings. The first kappa shape index (κ1) is 22.2. The van der Waals surface area contributed by atoms with E-state index in [1.54, 1.807) is 0 Å². The van der Waals surface area contributed by atoms with Gasteiger partial charge in [-0.05, 0) is 19.3 Å². The summed E-state index contributed by atoms with van der Waals surface area (Å²) < 4.78 is 5.28. The van der Waals surface area contributed by atoms with Crippen LogP contribution in [0.5, 0.6) is 0 Å². The summed E-state index contributed by atoms with van der Waals surface area (Å²) in [6.07, 6.45) is 21.3. The molecule has 0 atom stereocenters. The fourth-order valence-corrected chi connectivity index (χ4v) is 3.48. The Hall–Kier alpha value is -0.830. The highest BCUT2D eigenvalue weighted by atomic mass is 16.5. The molecule has 0 N–H and O–H groups in total. The third kappa shape index (κ3) is 13.1. The van der Waals surface area contributed by atoms with Gasteiger partial charge in [-0.2, -0.15) is 0 Å². The van der Waals surface area contributed by atoms with Crippen molar-refractivity contribution in [3.63, 3.8) is 0 Å². The van der Waals surface area contributed by atoms with Crippen molar-refractivity contribution in [2.45, 2.75) is 96.3 Å². The maximum Gasteiger partial charge on any atom is 0.222 e. The van der Waals surface area contributed by atoms with E-state index in [9.17, 15) is 4.79 Å². The number of morpholine rings is 1. The molecule has 0 spiro atoms. The lowest BCUT2D eigenvalue weighted by Gasteiger charge is -2.26. The maximum atomic E-state index is 12.0. The summed E-state index contributed by atoms with van der Waals surface area (Å²) in [5, 5.41) is 0. The van der Waals surface area contributed by atoms with Gasteiger partial charge in [-0.3, -0.25) is 4.79 Å². The highest BCUT2D eigenvalue weighted by molar-refractivity contribution is 5.76. The first-order chi connectivity index (χ1) is 12.3. The van der Waals surface area contributed by atoms with Crippen LogP contribution in [0.15, 0.2) is 12.7 Å². The molecular weight excluding hydrogens is 310 g/mol. The van der Waals surface area contributed by atoms with E-state index in [1.165, 1.54) is 83.5 Å². The van der Waals surface area contributed by atoms with Crippen LogP contribution in [0.4, 0.5) is 0 Å². The molecule has 0 aliphatic carbocycles. The lowest BCUT2D eigenvalue weighted by molar-refractivity contribution is -0.135. The maximum absolute atomic E-state index is 12.0. The van der Waals surface area contributed by atoms with Crippen LogP contribution in [0.25, 0.3) is 0 Å². The van der Waals surface area contributed by atoms with Gasteiger partial charge in [0.05, 0.1) is 13.2 Å². The Bertz CT molecular complexity index is 324. The Morgan fingerprint density at radius 3 is 1.68 bits per heavy atom. The molecule has 0 bridgehead atoms. The average Bonchev–Trinajstić information content (AvgIpc) is 2.65. The molecule has 146 valence electrons. The van der Waals surface area contributed by atoms with Gasteiger partial charge >= 0.3 is 0 Å². The van der Waals surface area contributed by atoms with Crippen LogP contribution in [-0.4, -0.2) is 37.1 Å². The minimum atomic E-state index is 0.327. The van der Waals surface area contributed by atoms with Crippen molar-refractivity contribution in [1.29, 1.82) is 0 Å². The van der Waals surface area contributed by atoms with Gasteiger partial charge in [-0.15, -0.1) is 6.58 Å². The van der Waals surface area contributed by atoms with E-state index in [-0.39, 0.29) is 0 Å². The van der Waals surface area contributed by atoms with Crippen molar-refractivity contribution in [2.24, 2.45) is 0 Å². The molecule has 0 radical (unpaired) electrons. The molecule has 0 aromatic carbocycles. The summed E-state index contributed by atoms with van der Waals surface area (Å²) >= 11 is 0. The summed E-state index contributed by atoms with van der Waals surface area (Å²) in [4.78, 5) is 14.0. The zero-order valence-electron chi connectivity index (χ0n) is 16.5. The highest BCUT2D eigenvalue weighted by Gasteiger charge is 2.15. The molecule has 1 saturated heterocycles. The minimum absolute atomic E-state index is 0.327. The minimum Gasteiger partial charge on any atom is -0.378 e. The van der Waals surface area contributed by atoms with Crippen molar-refractivity contribution in [1.82, 2.24) is 4.90 Å². The quantitative estimate of drug-likeness (QED) is 0.256. The molecule has 1 fully saturated rings. The first-order valence-electron chi connectivity index (χ1n) is 10.8. The number of nitrogens with zero attached hydrogens (tertiary/aromatic N) is 1. The molecule has 3 heteroatoms. The van der Waals surface area contributed by atoms with Crippen LogP contribution in [-0.2, 0) is 9.53 Å². The topological polar surface area (TPSA) is 29.5 Å². The zero-order valence-corrected chi connectivity index (χ0v) is 16.5. The number of rotatable bonds is 16. The van der Waals surface area contributed by atoms with Crippen molar-refractivity contribution in [3.05, 3.63) is 12.7 Å². The standard InChI is InChI=1S/C22H41NO2/c1-2-3-4-5-6-7-8-9-10-11-12-13-14-15-16-17-22(24)23-18-20-25-21-19-23/h2H,1,3-21H2. The number of allylic oxidation sites excluding steroid dienone is 1. The van der Waals surface area contributed by atoms with Gasteiger partial charge in [0.15, 0.2) is 0 Å². The molecule has 3 nitrogen and oxygen atoms in total. The van der Waals surface area contributed by atoms with Crippen molar-refractivity contribution in [3.8, 4) is 0 Å². The van der Waals surface area contributed by atoms with Gasteiger partial charge in [-0.1, -0.05) is 76.7 Å². The third-order valence-corrected chi connectivity index (χ3v) is 5.16. The van der Waals surface area contributed by atoms with E-state index in [2.05, 4.69) is 6.58 Å². The van der Waals surface area contributed by atoms with Crippen LogP contribution in [0.3, 0.4) is 0 Å². The third-order valence-electron chi connectivity index (χ3n) is 5.16. The Balaban J connectivity index is 1.74. The fraction of sp³-hybridized carbons (Fsp3) is 0.864. The lowest BCUT2D eigenvalue weighted by atomic mass is 10.0. The molecule has 1 amide bonds. The number of hydrogen-bond acceptors (Lipinski definition) is 2. The number of amides is 1. The normalized spacial score (nSPS) is 14.6. The van der Waals surface area contributed by atoms with E-state index >= 15 is 0 Å². The average molecular weight is 352 g/mol. The molecule has 25 heavy (non-hydrogen) atoms. The molecule has 1 rings (SSSR count). The number of unbranched alkanes of at least 4 members (excludes halogenated alkanes) is 13. The summed E-state index contributed by atoms with van der Waals surface area (Å²) in [5.41, 5.74) is 0. The number of carbonyl (C=O) groups excluding carboxylic acids is 1. The number of ether oxygens (including phenoxy) is 1. The largest absolute Gasteiger partial charge is 0.378 e. The second kappa shape index (κ2) is 16.6. The van der Waals surface area contributed by atoms with E-state index in [0.717, 1.165) is 25.9 Å². The Kier molecular flexibility index (Phi) is 14.8. The van der Waals surface area contributed by atoms with E-state index in [4.69, 9.17) is 4.74 Å². The van der Waals surface area contributed by atoms with Crippen LogP contribution in [0.2, 0.25) is 0 Å². The smallest absolute Gasteiger partial charge is 0.222 e. The summed E-state index contributed by atoms with van der Waals surface area (Å²) in [5.74, 6) is 0.327. The second-order valence-corrected chi connectivity index (χ2v) is 7.42. The lowest BCUT2D eigenvalue weighted by Crippen LogP contribution is -2.40. The predicted molar refractivity (Wildman–Crippen MR) is 107 cm³/mol. The Labute approximate surface area is 156 Å². The van der Waals surface area contributed by atoms with Crippen molar-refractivity contribution >= 4 is 5.91 Å². The molecule has 0 unspecified atom stereocenters. The van der Waals surface area contributed by atoms with Crippen LogP contribution >= 0.6 is 0 Å². The molecule has 0 aromatic rings. The van der Waals surface area contributed by atoms with Gasteiger partial charge in [0, 0.05) is 19.5 Å². The molecular formula is C22H41NO2.